The maximum absolute atomic E-state index is 13.0. The summed E-state index contributed by atoms with van der Waals surface area (Å²) in [5, 5.41) is 1.19. The van der Waals surface area contributed by atoms with Crippen molar-refractivity contribution >= 4 is 28.4 Å². The van der Waals surface area contributed by atoms with Crippen LogP contribution in [0, 0.1) is 0 Å². The fraction of sp³-hybridized carbons (Fsp3) is 0.348. The largest absolute Gasteiger partial charge is 0.489 e. The van der Waals surface area contributed by atoms with E-state index in [9.17, 15) is 9.59 Å². The topological polar surface area (TPSA) is 64.4 Å². The van der Waals surface area contributed by atoms with E-state index in [0.29, 0.717) is 34.8 Å². The number of hydrogen-bond donors (Lipinski definition) is 0. The van der Waals surface area contributed by atoms with Crippen LogP contribution in [0.2, 0.25) is 5.02 Å². The summed E-state index contributed by atoms with van der Waals surface area (Å²) in [6, 6.07) is 11.2. The maximum Gasteiger partial charge on any atom is 0.260 e. The van der Waals surface area contributed by atoms with Crippen molar-refractivity contribution in [2.75, 3.05) is 6.54 Å². The van der Waals surface area contributed by atoms with Gasteiger partial charge in [-0.1, -0.05) is 23.7 Å². The lowest BCUT2D eigenvalue weighted by Gasteiger charge is -2.37. The number of carbonyl (C=O) groups is 1. The molecule has 0 aliphatic carbocycles. The Kier molecular flexibility index (Phi) is 5.77. The number of carbonyl (C=O) groups excluding carboxylic acids is 1. The first kappa shape index (κ1) is 20.4. The number of pyridine rings is 2. The number of ether oxygens (including phenoxy) is 1. The van der Waals surface area contributed by atoms with Gasteiger partial charge in [-0.3, -0.25) is 14.6 Å². The van der Waals surface area contributed by atoms with Crippen molar-refractivity contribution in [2.24, 2.45) is 0 Å². The van der Waals surface area contributed by atoms with E-state index >= 15 is 0 Å². The highest BCUT2D eigenvalue weighted by atomic mass is 35.5. The second-order valence-corrected chi connectivity index (χ2v) is 8.24. The van der Waals surface area contributed by atoms with Gasteiger partial charge in [-0.25, -0.2) is 0 Å². The molecule has 3 aromatic rings. The Labute approximate surface area is 180 Å². The standard InChI is InChI=1S/C23H24ClN3O3/c1-15-11-19(7-10-27(15)16(2)28)30-20-12-21-22(25-13-20)8-9-26(23(21)29)14-17-3-5-18(24)6-4-17/h3-6,8-9,12-13,15,19H,7,10-11,14H2,1-2H3/t15-,19-/m1/s1. The quantitative estimate of drug-likeness (QED) is 0.636. The first-order chi connectivity index (χ1) is 14.4. The molecule has 0 radical (unpaired) electrons. The first-order valence-corrected chi connectivity index (χ1v) is 10.5. The lowest BCUT2D eigenvalue weighted by atomic mass is 10.0. The highest BCUT2D eigenvalue weighted by Crippen LogP contribution is 2.24. The highest BCUT2D eigenvalue weighted by molar-refractivity contribution is 6.30. The van der Waals surface area contributed by atoms with E-state index in [-0.39, 0.29) is 23.6 Å². The van der Waals surface area contributed by atoms with Crippen molar-refractivity contribution < 1.29 is 9.53 Å². The molecule has 4 rings (SSSR count). The van der Waals surface area contributed by atoms with E-state index in [1.165, 1.54) is 0 Å². The molecule has 0 bridgehead atoms. The fourth-order valence-electron chi connectivity index (χ4n) is 4.02. The zero-order valence-electron chi connectivity index (χ0n) is 17.0. The number of hydrogen-bond acceptors (Lipinski definition) is 4. The molecular formula is C23H24ClN3O3. The zero-order valence-corrected chi connectivity index (χ0v) is 17.8. The van der Waals surface area contributed by atoms with Crippen LogP contribution >= 0.6 is 11.6 Å². The molecule has 1 saturated heterocycles. The van der Waals surface area contributed by atoms with Gasteiger partial charge >= 0.3 is 0 Å². The molecule has 2 atom stereocenters. The minimum atomic E-state index is -0.111. The third kappa shape index (κ3) is 4.33. The van der Waals surface area contributed by atoms with Crippen LogP contribution < -0.4 is 10.3 Å². The van der Waals surface area contributed by atoms with Gasteiger partial charge < -0.3 is 14.2 Å². The third-order valence-electron chi connectivity index (χ3n) is 5.60. The van der Waals surface area contributed by atoms with Gasteiger partial charge in [0, 0.05) is 43.6 Å². The van der Waals surface area contributed by atoms with Gasteiger partial charge in [0.05, 0.1) is 23.6 Å². The summed E-state index contributed by atoms with van der Waals surface area (Å²) in [6.07, 6.45) is 4.93. The van der Waals surface area contributed by atoms with Gasteiger partial charge in [0.15, 0.2) is 0 Å². The Morgan fingerprint density at radius 3 is 2.73 bits per heavy atom. The molecule has 7 heteroatoms. The van der Waals surface area contributed by atoms with Crippen molar-refractivity contribution in [3.63, 3.8) is 0 Å². The summed E-state index contributed by atoms with van der Waals surface area (Å²) in [4.78, 5) is 31.0. The molecule has 1 aliphatic rings. The molecule has 0 saturated carbocycles. The van der Waals surface area contributed by atoms with E-state index in [2.05, 4.69) is 4.98 Å². The number of halogens is 1. The molecule has 0 unspecified atom stereocenters. The van der Waals surface area contributed by atoms with Crippen LogP contribution in [0.15, 0.2) is 53.6 Å². The highest BCUT2D eigenvalue weighted by Gasteiger charge is 2.28. The number of aromatic nitrogens is 2. The number of nitrogens with zero attached hydrogens (tertiary/aromatic N) is 3. The van der Waals surface area contributed by atoms with Crippen molar-refractivity contribution in [3.05, 3.63) is 69.7 Å². The molecule has 2 aromatic heterocycles. The molecule has 0 N–H and O–H groups in total. The van der Waals surface area contributed by atoms with Gasteiger partial charge in [-0.2, -0.15) is 0 Å². The number of likely N-dealkylation sites (tertiary alicyclic amines) is 1. The molecule has 1 aromatic carbocycles. The second kappa shape index (κ2) is 8.48. The molecule has 1 amide bonds. The minimum Gasteiger partial charge on any atom is -0.489 e. The predicted molar refractivity (Wildman–Crippen MR) is 117 cm³/mol. The second-order valence-electron chi connectivity index (χ2n) is 7.80. The molecule has 1 aliphatic heterocycles. The summed E-state index contributed by atoms with van der Waals surface area (Å²) in [5.74, 6) is 0.673. The maximum atomic E-state index is 13.0. The van der Waals surface area contributed by atoms with E-state index in [1.807, 2.05) is 42.2 Å². The van der Waals surface area contributed by atoms with Crippen LogP contribution in [-0.2, 0) is 11.3 Å². The van der Waals surface area contributed by atoms with Crippen LogP contribution in [0.4, 0.5) is 0 Å². The smallest absolute Gasteiger partial charge is 0.260 e. The van der Waals surface area contributed by atoms with Crippen LogP contribution in [0.3, 0.4) is 0 Å². The van der Waals surface area contributed by atoms with Crippen LogP contribution in [0.1, 0.15) is 32.3 Å². The lowest BCUT2D eigenvalue weighted by molar-refractivity contribution is -0.133. The van der Waals surface area contributed by atoms with Gasteiger partial charge in [-0.05, 0) is 36.8 Å². The van der Waals surface area contributed by atoms with Gasteiger partial charge in [0.1, 0.15) is 11.9 Å². The zero-order chi connectivity index (χ0) is 21.3. The van der Waals surface area contributed by atoms with Crippen molar-refractivity contribution in [1.82, 2.24) is 14.5 Å². The molecule has 6 nitrogen and oxygen atoms in total. The number of rotatable bonds is 4. The minimum absolute atomic E-state index is 0.00476. The predicted octanol–water partition coefficient (Wildman–Crippen LogP) is 3.88. The van der Waals surface area contributed by atoms with Crippen molar-refractivity contribution in [3.8, 4) is 5.75 Å². The van der Waals surface area contributed by atoms with E-state index in [0.717, 1.165) is 18.4 Å². The summed E-state index contributed by atoms with van der Waals surface area (Å²) < 4.78 is 7.78. The summed E-state index contributed by atoms with van der Waals surface area (Å²) in [5.41, 5.74) is 1.52. The van der Waals surface area contributed by atoms with Crippen molar-refractivity contribution in [1.29, 1.82) is 0 Å². The summed E-state index contributed by atoms with van der Waals surface area (Å²) >= 11 is 5.94. The van der Waals surface area contributed by atoms with E-state index in [4.69, 9.17) is 16.3 Å². The van der Waals surface area contributed by atoms with Gasteiger partial charge in [-0.15, -0.1) is 0 Å². The van der Waals surface area contributed by atoms with Crippen molar-refractivity contribution in [2.45, 2.75) is 45.4 Å². The first-order valence-electron chi connectivity index (χ1n) is 10.1. The number of fused-ring (bicyclic) bond motifs is 1. The molecule has 156 valence electrons. The molecule has 3 heterocycles. The SMILES string of the molecule is CC(=O)N1CC[C@@H](Oc2cnc3ccn(Cc4ccc(Cl)cc4)c(=O)c3c2)C[C@H]1C. The van der Waals surface area contributed by atoms with Gasteiger partial charge in [0.25, 0.3) is 5.56 Å². The normalized spacial score (nSPS) is 19.1. The van der Waals surface area contributed by atoms with Crippen LogP contribution in [0.5, 0.6) is 5.75 Å². The number of piperidine rings is 1. The molecular weight excluding hydrogens is 402 g/mol. The average molecular weight is 426 g/mol. The Hall–Kier alpha value is -2.86. The Morgan fingerprint density at radius 2 is 2.03 bits per heavy atom. The average Bonchev–Trinajstić information content (AvgIpc) is 2.72. The summed E-state index contributed by atoms with van der Waals surface area (Å²) in [7, 11) is 0. The van der Waals surface area contributed by atoms with Crippen LogP contribution in [0.25, 0.3) is 10.9 Å². The van der Waals surface area contributed by atoms with Gasteiger partial charge in [0.2, 0.25) is 5.91 Å². The number of benzene rings is 1. The van der Waals surface area contributed by atoms with E-state index < -0.39 is 0 Å². The number of amides is 1. The molecule has 0 spiro atoms. The lowest BCUT2D eigenvalue weighted by Crippen LogP contribution is -2.46. The Morgan fingerprint density at radius 1 is 1.27 bits per heavy atom. The van der Waals surface area contributed by atoms with E-state index in [1.54, 1.807) is 30.0 Å². The third-order valence-corrected chi connectivity index (χ3v) is 5.85. The fourth-order valence-corrected chi connectivity index (χ4v) is 4.14. The Bertz CT molecular complexity index is 1130. The monoisotopic (exact) mass is 425 g/mol. The molecule has 30 heavy (non-hydrogen) atoms. The molecule has 1 fully saturated rings. The van der Waals surface area contributed by atoms with Crippen LogP contribution in [-0.4, -0.2) is 39.0 Å². The Balaban J connectivity index is 1.54. The summed E-state index contributed by atoms with van der Waals surface area (Å²) in [6.45, 7) is 4.76.